The number of rotatable bonds is 3. The van der Waals surface area contributed by atoms with Gasteiger partial charge < -0.3 is 14.6 Å². The number of aromatic amines is 1. The molecular weight excluding hydrogens is 384 g/mol. The normalized spacial score (nSPS) is 17.9. The molecule has 2 aromatic rings. The molecule has 1 aliphatic rings. The van der Waals surface area contributed by atoms with Crippen LogP contribution in [0.25, 0.3) is 10.9 Å². The standard InChI is InChI=1S/C19H23BrN2O3/c1-19(2,3)25-18(24)22-7-6-12(11-22)8-17(23)16-9-13-4-5-14(20)10-15(13)21-16/h4-5,9-10,12,21H,6-8,11H2,1-3H3/t12-/m0/s1. The van der Waals surface area contributed by atoms with Gasteiger partial charge in [0.15, 0.2) is 5.78 Å². The summed E-state index contributed by atoms with van der Waals surface area (Å²) in [6.45, 7) is 6.79. The number of Topliss-reactive ketones (excluding diaryl/α,β-unsaturated/α-hetero) is 1. The molecular formula is C19H23BrN2O3. The van der Waals surface area contributed by atoms with Crippen molar-refractivity contribution in [3.05, 3.63) is 34.4 Å². The smallest absolute Gasteiger partial charge is 0.410 e. The SMILES string of the molecule is CC(C)(C)OC(=O)N1CC[C@@H](CC(=O)c2cc3ccc(Br)cc3[nH]2)C1. The number of amides is 1. The zero-order valence-electron chi connectivity index (χ0n) is 14.8. The zero-order valence-corrected chi connectivity index (χ0v) is 16.4. The van der Waals surface area contributed by atoms with Gasteiger partial charge in [-0.05, 0) is 51.3 Å². The molecule has 25 heavy (non-hydrogen) atoms. The van der Waals surface area contributed by atoms with E-state index >= 15 is 0 Å². The number of fused-ring (bicyclic) bond motifs is 1. The van der Waals surface area contributed by atoms with E-state index in [-0.39, 0.29) is 17.8 Å². The van der Waals surface area contributed by atoms with E-state index in [0.717, 1.165) is 21.8 Å². The summed E-state index contributed by atoms with van der Waals surface area (Å²) in [4.78, 5) is 29.6. The highest BCUT2D eigenvalue weighted by Gasteiger charge is 2.31. The number of ether oxygens (including phenoxy) is 1. The van der Waals surface area contributed by atoms with Gasteiger partial charge in [-0.3, -0.25) is 4.79 Å². The number of hydrogen-bond acceptors (Lipinski definition) is 3. The average molecular weight is 407 g/mol. The van der Waals surface area contributed by atoms with Gasteiger partial charge in [0.25, 0.3) is 0 Å². The Morgan fingerprint density at radius 2 is 2.08 bits per heavy atom. The van der Waals surface area contributed by atoms with Crippen molar-refractivity contribution in [1.29, 1.82) is 0 Å². The van der Waals surface area contributed by atoms with Crippen molar-refractivity contribution in [2.75, 3.05) is 13.1 Å². The van der Waals surface area contributed by atoms with Gasteiger partial charge in [0.1, 0.15) is 5.60 Å². The quantitative estimate of drug-likeness (QED) is 0.747. The van der Waals surface area contributed by atoms with Crippen LogP contribution in [-0.2, 0) is 4.74 Å². The second-order valence-corrected chi connectivity index (χ2v) is 8.54. The van der Waals surface area contributed by atoms with Crippen LogP contribution in [0, 0.1) is 5.92 Å². The molecule has 5 nitrogen and oxygen atoms in total. The Kier molecular flexibility index (Phi) is 4.91. The van der Waals surface area contributed by atoms with E-state index in [2.05, 4.69) is 20.9 Å². The Labute approximate surface area is 155 Å². The molecule has 0 spiro atoms. The summed E-state index contributed by atoms with van der Waals surface area (Å²) in [7, 11) is 0. The van der Waals surface area contributed by atoms with Crippen molar-refractivity contribution in [3.8, 4) is 0 Å². The molecule has 1 amide bonds. The van der Waals surface area contributed by atoms with Crippen LogP contribution in [0.5, 0.6) is 0 Å². The minimum absolute atomic E-state index is 0.0864. The van der Waals surface area contributed by atoms with Gasteiger partial charge >= 0.3 is 6.09 Å². The van der Waals surface area contributed by atoms with Gasteiger partial charge in [0, 0.05) is 34.9 Å². The molecule has 0 radical (unpaired) electrons. The van der Waals surface area contributed by atoms with E-state index in [1.54, 1.807) is 4.90 Å². The number of halogens is 1. The minimum atomic E-state index is -0.496. The maximum absolute atomic E-state index is 12.6. The molecule has 1 aromatic heterocycles. The molecule has 0 aliphatic carbocycles. The molecule has 1 fully saturated rings. The molecule has 0 unspecified atom stereocenters. The summed E-state index contributed by atoms with van der Waals surface area (Å²) >= 11 is 3.44. The number of carbonyl (C=O) groups excluding carboxylic acids is 2. The van der Waals surface area contributed by atoms with E-state index in [1.807, 2.05) is 45.0 Å². The van der Waals surface area contributed by atoms with Crippen molar-refractivity contribution >= 4 is 38.7 Å². The van der Waals surface area contributed by atoms with Crippen LogP contribution in [-0.4, -0.2) is 40.5 Å². The Hall–Kier alpha value is -1.82. The average Bonchev–Trinajstić information content (AvgIpc) is 3.11. The molecule has 2 heterocycles. The van der Waals surface area contributed by atoms with Gasteiger partial charge in [-0.1, -0.05) is 22.0 Å². The molecule has 134 valence electrons. The lowest BCUT2D eigenvalue weighted by Crippen LogP contribution is -2.35. The van der Waals surface area contributed by atoms with Crippen LogP contribution < -0.4 is 0 Å². The summed E-state index contributed by atoms with van der Waals surface area (Å²) in [5.74, 6) is 0.265. The molecule has 1 aliphatic heterocycles. The van der Waals surface area contributed by atoms with Crippen LogP contribution >= 0.6 is 15.9 Å². The lowest BCUT2D eigenvalue weighted by Gasteiger charge is -2.24. The molecule has 1 aromatic carbocycles. The van der Waals surface area contributed by atoms with Crippen molar-refractivity contribution in [2.45, 2.75) is 39.2 Å². The van der Waals surface area contributed by atoms with E-state index < -0.39 is 5.60 Å². The van der Waals surface area contributed by atoms with Crippen LogP contribution in [0.2, 0.25) is 0 Å². The first-order valence-corrected chi connectivity index (χ1v) is 9.30. The third-order valence-electron chi connectivity index (χ3n) is 4.30. The van der Waals surface area contributed by atoms with Crippen molar-refractivity contribution in [2.24, 2.45) is 5.92 Å². The number of ketones is 1. The van der Waals surface area contributed by atoms with E-state index in [4.69, 9.17) is 4.74 Å². The third-order valence-corrected chi connectivity index (χ3v) is 4.79. The maximum atomic E-state index is 12.6. The molecule has 0 saturated carbocycles. The molecule has 1 atom stereocenters. The molecule has 0 bridgehead atoms. The Balaban J connectivity index is 1.60. The van der Waals surface area contributed by atoms with E-state index in [9.17, 15) is 9.59 Å². The van der Waals surface area contributed by atoms with Gasteiger partial charge in [-0.15, -0.1) is 0 Å². The molecule has 6 heteroatoms. The second kappa shape index (κ2) is 6.83. The number of carbonyl (C=O) groups is 2. The largest absolute Gasteiger partial charge is 0.444 e. The lowest BCUT2D eigenvalue weighted by atomic mass is 10.0. The summed E-state index contributed by atoms with van der Waals surface area (Å²) in [5, 5.41) is 1.02. The monoisotopic (exact) mass is 406 g/mol. The predicted octanol–water partition coefficient (Wildman–Crippen LogP) is 4.76. The van der Waals surface area contributed by atoms with Gasteiger partial charge in [-0.2, -0.15) is 0 Å². The second-order valence-electron chi connectivity index (χ2n) is 7.62. The number of likely N-dealkylation sites (tertiary alicyclic amines) is 1. The summed E-state index contributed by atoms with van der Waals surface area (Å²) < 4.78 is 6.38. The third kappa shape index (κ3) is 4.42. The fraction of sp³-hybridized carbons (Fsp3) is 0.474. The molecule has 1 saturated heterocycles. The van der Waals surface area contributed by atoms with Crippen LogP contribution in [0.3, 0.4) is 0 Å². The Morgan fingerprint density at radius 3 is 2.80 bits per heavy atom. The first-order valence-electron chi connectivity index (χ1n) is 8.51. The number of H-pyrrole nitrogens is 1. The minimum Gasteiger partial charge on any atom is -0.444 e. The topological polar surface area (TPSA) is 62.4 Å². The van der Waals surface area contributed by atoms with Crippen molar-refractivity contribution in [3.63, 3.8) is 0 Å². The van der Waals surface area contributed by atoms with Crippen LogP contribution in [0.1, 0.15) is 44.1 Å². The summed E-state index contributed by atoms with van der Waals surface area (Å²) in [6, 6.07) is 7.79. The highest BCUT2D eigenvalue weighted by atomic mass is 79.9. The first kappa shape index (κ1) is 18.0. The zero-order chi connectivity index (χ0) is 18.2. The van der Waals surface area contributed by atoms with E-state index in [1.165, 1.54) is 0 Å². The number of benzene rings is 1. The van der Waals surface area contributed by atoms with Crippen molar-refractivity contribution in [1.82, 2.24) is 9.88 Å². The van der Waals surface area contributed by atoms with Crippen LogP contribution in [0.4, 0.5) is 4.79 Å². The molecule has 1 N–H and O–H groups in total. The van der Waals surface area contributed by atoms with Gasteiger partial charge in [0.05, 0.1) is 5.69 Å². The number of nitrogens with zero attached hydrogens (tertiary/aromatic N) is 1. The maximum Gasteiger partial charge on any atom is 0.410 e. The van der Waals surface area contributed by atoms with Crippen molar-refractivity contribution < 1.29 is 14.3 Å². The predicted molar refractivity (Wildman–Crippen MR) is 101 cm³/mol. The number of hydrogen-bond donors (Lipinski definition) is 1. The van der Waals surface area contributed by atoms with Gasteiger partial charge in [0.2, 0.25) is 0 Å². The Bertz CT molecular complexity index is 807. The molecule has 3 rings (SSSR count). The fourth-order valence-corrected chi connectivity index (χ4v) is 3.47. The first-order chi connectivity index (χ1) is 11.7. The lowest BCUT2D eigenvalue weighted by molar-refractivity contribution is 0.0286. The van der Waals surface area contributed by atoms with Crippen LogP contribution in [0.15, 0.2) is 28.7 Å². The summed E-state index contributed by atoms with van der Waals surface area (Å²) in [6.07, 6.45) is 0.974. The Morgan fingerprint density at radius 1 is 1.32 bits per heavy atom. The fourth-order valence-electron chi connectivity index (χ4n) is 3.11. The highest BCUT2D eigenvalue weighted by Crippen LogP contribution is 2.25. The number of aromatic nitrogens is 1. The number of nitrogens with one attached hydrogen (secondary N) is 1. The van der Waals surface area contributed by atoms with Gasteiger partial charge in [-0.25, -0.2) is 4.79 Å². The highest BCUT2D eigenvalue weighted by molar-refractivity contribution is 9.10. The van der Waals surface area contributed by atoms with E-state index in [0.29, 0.717) is 25.2 Å². The summed E-state index contributed by atoms with van der Waals surface area (Å²) in [5.41, 5.74) is 1.08.